The average Bonchev–Trinajstić information content (AvgIpc) is 3.45. The van der Waals surface area contributed by atoms with Crippen molar-refractivity contribution in [3.8, 4) is 0 Å². The zero-order valence-corrected chi connectivity index (χ0v) is 17.8. The van der Waals surface area contributed by atoms with Gasteiger partial charge in [0, 0.05) is 24.5 Å². The summed E-state index contributed by atoms with van der Waals surface area (Å²) in [6.45, 7) is 2.10. The number of aromatic nitrogens is 4. The summed E-state index contributed by atoms with van der Waals surface area (Å²) in [5, 5.41) is 14.7. The highest BCUT2D eigenvalue weighted by atomic mass is 32.2. The Kier molecular flexibility index (Phi) is 6.76. The second-order valence-corrected chi connectivity index (χ2v) is 8.38. The molecular formula is C22H26N6OS. The molecule has 0 spiro atoms. The molecule has 1 aliphatic heterocycles. The first-order chi connectivity index (χ1) is 14.7. The van der Waals surface area contributed by atoms with Crippen molar-refractivity contribution in [2.45, 2.75) is 36.4 Å². The smallest absolute Gasteiger partial charge is 0.237 e. The van der Waals surface area contributed by atoms with Crippen LogP contribution in [-0.4, -0.2) is 56.4 Å². The van der Waals surface area contributed by atoms with Crippen LogP contribution in [0.25, 0.3) is 0 Å². The first-order valence-electron chi connectivity index (χ1n) is 10.1. The molecule has 8 heteroatoms. The molecule has 3 aromatic rings. The second-order valence-electron chi connectivity index (χ2n) is 7.50. The van der Waals surface area contributed by atoms with Gasteiger partial charge in [0.25, 0.3) is 0 Å². The van der Waals surface area contributed by atoms with Gasteiger partial charge in [-0.1, -0.05) is 42.5 Å². The Hall–Kier alpha value is -2.71. The van der Waals surface area contributed by atoms with Gasteiger partial charge in [0.2, 0.25) is 5.91 Å². The maximum absolute atomic E-state index is 13.0. The number of hydrogen-bond acceptors (Lipinski definition) is 6. The highest BCUT2D eigenvalue weighted by molar-refractivity contribution is 7.98. The summed E-state index contributed by atoms with van der Waals surface area (Å²) < 4.78 is 1.76. The van der Waals surface area contributed by atoms with Crippen molar-refractivity contribution in [2.75, 3.05) is 19.3 Å². The van der Waals surface area contributed by atoms with Crippen LogP contribution in [0.4, 0.5) is 0 Å². The van der Waals surface area contributed by atoms with E-state index in [1.54, 1.807) is 22.8 Å². The molecule has 2 atom stereocenters. The molecule has 7 nitrogen and oxygen atoms in total. The summed E-state index contributed by atoms with van der Waals surface area (Å²) in [5.74, 6) is 0.0715. The molecule has 1 aromatic heterocycles. The zero-order chi connectivity index (χ0) is 20.8. The standard InChI is InChI=1S/C22H26N6OS/c1-30-20-9-7-18(8-10-20)14-27-15-19(28-16-24-25-26-28)13-21(27)22(29)23-12-11-17-5-3-2-4-6-17/h2-10,16,19,21H,11-15H2,1H3,(H,23,29)/t19-,21-/m0/s1. The van der Waals surface area contributed by atoms with Crippen LogP contribution in [0, 0.1) is 0 Å². The highest BCUT2D eigenvalue weighted by Crippen LogP contribution is 2.28. The molecule has 156 valence electrons. The van der Waals surface area contributed by atoms with Gasteiger partial charge < -0.3 is 5.32 Å². The molecule has 4 rings (SSSR count). The Morgan fingerprint density at radius 3 is 2.63 bits per heavy atom. The molecule has 1 aliphatic rings. The number of tetrazole rings is 1. The molecule has 1 amide bonds. The van der Waals surface area contributed by atoms with Crippen molar-refractivity contribution >= 4 is 17.7 Å². The maximum Gasteiger partial charge on any atom is 0.237 e. The number of nitrogens with one attached hydrogen (secondary N) is 1. The van der Waals surface area contributed by atoms with E-state index in [-0.39, 0.29) is 18.0 Å². The topological polar surface area (TPSA) is 75.9 Å². The first kappa shape index (κ1) is 20.6. The van der Waals surface area contributed by atoms with Crippen molar-refractivity contribution in [2.24, 2.45) is 0 Å². The van der Waals surface area contributed by atoms with Crippen molar-refractivity contribution in [3.05, 3.63) is 72.1 Å². The summed E-state index contributed by atoms with van der Waals surface area (Å²) >= 11 is 1.73. The molecule has 1 saturated heterocycles. The van der Waals surface area contributed by atoms with Crippen LogP contribution in [-0.2, 0) is 17.8 Å². The number of carbonyl (C=O) groups excluding carboxylic acids is 1. The number of likely N-dealkylation sites (tertiary alicyclic amines) is 1. The number of nitrogens with zero attached hydrogens (tertiary/aromatic N) is 5. The number of amides is 1. The highest BCUT2D eigenvalue weighted by Gasteiger charge is 2.38. The molecule has 2 aromatic carbocycles. The van der Waals surface area contributed by atoms with E-state index in [0.29, 0.717) is 13.0 Å². The van der Waals surface area contributed by atoms with Gasteiger partial charge >= 0.3 is 0 Å². The van der Waals surface area contributed by atoms with Gasteiger partial charge in [0.1, 0.15) is 6.33 Å². The molecule has 2 heterocycles. The van der Waals surface area contributed by atoms with E-state index >= 15 is 0 Å². The third kappa shape index (κ3) is 5.06. The molecular weight excluding hydrogens is 396 g/mol. The number of rotatable bonds is 8. The Morgan fingerprint density at radius 1 is 1.13 bits per heavy atom. The van der Waals surface area contributed by atoms with Crippen LogP contribution < -0.4 is 5.32 Å². The molecule has 1 fully saturated rings. The normalized spacial score (nSPS) is 19.1. The molecule has 0 radical (unpaired) electrons. The summed E-state index contributed by atoms with van der Waals surface area (Å²) in [4.78, 5) is 16.5. The lowest BCUT2D eigenvalue weighted by molar-refractivity contribution is -0.125. The summed E-state index contributed by atoms with van der Waals surface area (Å²) in [5.41, 5.74) is 2.42. The average molecular weight is 423 g/mol. The van der Waals surface area contributed by atoms with E-state index in [4.69, 9.17) is 0 Å². The first-order valence-corrected chi connectivity index (χ1v) is 11.4. The zero-order valence-electron chi connectivity index (χ0n) is 17.0. The van der Waals surface area contributed by atoms with E-state index in [2.05, 4.69) is 68.4 Å². The summed E-state index contributed by atoms with van der Waals surface area (Å²) in [7, 11) is 0. The molecule has 0 unspecified atom stereocenters. The Labute approximate surface area is 180 Å². The second kappa shape index (κ2) is 9.86. The lowest BCUT2D eigenvalue weighted by Crippen LogP contribution is -2.43. The fourth-order valence-electron chi connectivity index (χ4n) is 3.91. The Morgan fingerprint density at radius 2 is 1.93 bits per heavy atom. The number of benzene rings is 2. The lowest BCUT2D eigenvalue weighted by Gasteiger charge is -2.23. The van der Waals surface area contributed by atoms with E-state index in [0.717, 1.165) is 19.5 Å². The predicted octanol–water partition coefficient (Wildman–Crippen LogP) is 2.57. The van der Waals surface area contributed by atoms with E-state index in [9.17, 15) is 4.79 Å². The molecule has 30 heavy (non-hydrogen) atoms. The predicted molar refractivity (Wildman–Crippen MR) is 117 cm³/mol. The van der Waals surface area contributed by atoms with Crippen molar-refractivity contribution in [1.82, 2.24) is 30.4 Å². The minimum Gasteiger partial charge on any atom is -0.354 e. The number of hydrogen-bond donors (Lipinski definition) is 1. The van der Waals surface area contributed by atoms with E-state index in [1.165, 1.54) is 16.0 Å². The van der Waals surface area contributed by atoms with Crippen LogP contribution in [0.2, 0.25) is 0 Å². The van der Waals surface area contributed by atoms with Gasteiger partial charge in [-0.25, -0.2) is 4.68 Å². The van der Waals surface area contributed by atoms with Crippen LogP contribution in [0.15, 0.2) is 65.8 Å². The Balaban J connectivity index is 1.42. The van der Waals surface area contributed by atoms with Crippen molar-refractivity contribution < 1.29 is 4.79 Å². The molecule has 1 N–H and O–H groups in total. The van der Waals surface area contributed by atoms with Crippen LogP contribution in [0.5, 0.6) is 0 Å². The minimum atomic E-state index is -0.199. The van der Waals surface area contributed by atoms with Gasteiger partial charge in [0.15, 0.2) is 0 Å². The third-order valence-electron chi connectivity index (χ3n) is 5.52. The van der Waals surface area contributed by atoms with Crippen LogP contribution in [0.1, 0.15) is 23.6 Å². The number of thioether (sulfide) groups is 1. The van der Waals surface area contributed by atoms with Crippen LogP contribution >= 0.6 is 11.8 Å². The number of carbonyl (C=O) groups is 1. The summed E-state index contributed by atoms with van der Waals surface area (Å²) in [6, 6.07) is 18.6. The SMILES string of the molecule is CSc1ccc(CN2C[C@@H](n3cnnn3)C[C@H]2C(=O)NCCc2ccccc2)cc1. The van der Waals surface area contributed by atoms with Crippen molar-refractivity contribution in [3.63, 3.8) is 0 Å². The Bertz CT molecular complexity index is 932. The minimum absolute atomic E-state index is 0.0715. The van der Waals surface area contributed by atoms with E-state index < -0.39 is 0 Å². The van der Waals surface area contributed by atoms with Gasteiger partial charge in [-0.15, -0.1) is 16.9 Å². The third-order valence-corrected chi connectivity index (χ3v) is 6.27. The van der Waals surface area contributed by atoms with Gasteiger partial charge in [0.05, 0.1) is 12.1 Å². The molecule has 0 saturated carbocycles. The molecule has 0 bridgehead atoms. The van der Waals surface area contributed by atoms with Gasteiger partial charge in [-0.3, -0.25) is 9.69 Å². The van der Waals surface area contributed by atoms with Gasteiger partial charge in [-0.2, -0.15) is 0 Å². The summed E-state index contributed by atoms with van der Waals surface area (Å²) in [6.07, 6.45) is 5.23. The fourth-order valence-corrected chi connectivity index (χ4v) is 4.32. The molecule has 0 aliphatic carbocycles. The lowest BCUT2D eigenvalue weighted by atomic mass is 10.1. The fraction of sp³-hybridized carbons (Fsp3) is 0.364. The monoisotopic (exact) mass is 422 g/mol. The quantitative estimate of drug-likeness (QED) is 0.563. The van der Waals surface area contributed by atoms with Gasteiger partial charge in [-0.05, 0) is 52.8 Å². The maximum atomic E-state index is 13.0. The van der Waals surface area contributed by atoms with E-state index in [1.807, 2.05) is 18.2 Å². The van der Waals surface area contributed by atoms with Crippen molar-refractivity contribution in [1.29, 1.82) is 0 Å². The van der Waals surface area contributed by atoms with Crippen LogP contribution in [0.3, 0.4) is 0 Å². The largest absolute Gasteiger partial charge is 0.354 e.